The highest BCUT2D eigenvalue weighted by Crippen LogP contribution is 2.47. The lowest BCUT2D eigenvalue weighted by Gasteiger charge is -2.29. The number of nitrogens with one attached hydrogen (secondary N) is 2. The second-order valence-corrected chi connectivity index (χ2v) is 7.69. The van der Waals surface area contributed by atoms with Crippen LogP contribution in [0.15, 0.2) is 59.6 Å². The lowest BCUT2D eigenvalue weighted by Crippen LogP contribution is -2.40. The molecule has 0 aromatic heterocycles. The van der Waals surface area contributed by atoms with Crippen LogP contribution >= 0.6 is 24.0 Å². The average molecular weight is 506 g/mol. The van der Waals surface area contributed by atoms with E-state index >= 15 is 0 Å². The van der Waals surface area contributed by atoms with E-state index in [1.54, 1.807) is 0 Å². The first-order chi connectivity index (χ1) is 13.8. The molecule has 0 spiro atoms. The Morgan fingerprint density at radius 1 is 1.00 bits per heavy atom. The average Bonchev–Trinajstić information content (AvgIpc) is 3.57. The van der Waals surface area contributed by atoms with E-state index < -0.39 is 0 Å². The van der Waals surface area contributed by atoms with E-state index in [0.717, 1.165) is 45.4 Å². The number of guanidine groups is 1. The lowest BCUT2D eigenvalue weighted by atomic mass is 9.96. The van der Waals surface area contributed by atoms with Crippen LogP contribution in [-0.4, -0.2) is 45.9 Å². The molecule has 0 unspecified atom stereocenters. The molecule has 1 aliphatic heterocycles. The van der Waals surface area contributed by atoms with Crippen molar-refractivity contribution in [2.24, 2.45) is 4.99 Å². The molecule has 6 heteroatoms. The molecule has 2 aromatic rings. The Bertz CT molecular complexity index is 784. The maximum absolute atomic E-state index is 5.43. The fraction of sp³-hybridized carbons (Fsp3) is 0.435. The van der Waals surface area contributed by atoms with Crippen LogP contribution in [0.2, 0.25) is 0 Å². The van der Waals surface area contributed by atoms with Crippen LogP contribution < -0.4 is 15.5 Å². The van der Waals surface area contributed by atoms with Gasteiger partial charge in [-0.3, -0.25) is 4.99 Å². The molecule has 1 aliphatic carbocycles. The van der Waals surface area contributed by atoms with Crippen LogP contribution in [0.3, 0.4) is 0 Å². The Balaban J connectivity index is 0.00000240. The van der Waals surface area contributed by atoms with Gasteiger partial charge in [0.15, 0.2) is 5.96 Å². The fourth-order valence-corrected chi connectivity index (χ4v) is 3.82. The maximum atomic E-state index is 5.43. The molecular formula is C23H31IN4O. The number of halogens is 1. The summed E-state index contributed by atoms with van der Waals surface area (Å²) in [4.78, 5) is 6.77. The smallest absolute Gasteiger partial charge is 0.191 e. The zero-order valence-electron chi connectivity index (χ0n) is 17.1. The van der Waals surface area contributed by atoms with E-state index in [-0.39, 0.29) is 29.4 Å². The van der Waals surface area contributed by atoms with Crippen molar-refractivity contribution in [3.05, 3.63) is 65.7 Å². The van der Waals surface area contributed by atoms with Crippen LogP contribution in [0.25, 0.3) is 0 Å². The van der Waals surface area contributed by atoms with Crippen molar-refractivity contribution < 1.29 is 4.74 Å². The Labute approximate surface area is 191 Å². The van der Waals surface area contributed by atoms with Gasteiger partial charge < -0.3 is 20.3 Å². The number of morpholine rings is 1. The van der Waals surface area contributed by atoms with Crippen LogP contribution in [0.4, 0.5) is 5.69 Å². The molecular weight excluding hydrogens is 475 g/mol. The van der Waals surface area contributed by atoms with Crippen molar-refractivity contribution >= 4 is 35.6 Å². The molecule has 1 heterocycles. The largest absolute Gasteiger partial charge is 0.378 e. The first-order valence-electron chi connectivity index (χ1n) is 10.2. The van der Waals surface area contributed by atoms with Crippen LogP contribution in [0, 0.1) is 0 Å². The van der Waals surface area contributed by atoms with Gasteiger partial charge in [-0.05, 0) is 36.1 Å². The van der Waals surface area contributed by atoms with Gasteiger partial charge in [-0.2, -0.15) is 0 Å². The highest BCUT2D eigenvalue weighted by Gasteiger charge is 2.43. The lowest BCUT2D eigenvalue weighted by molar-refractivity contribution is 0.122. The van der Waals surface area contributed by atoms with Crippen molar-refractivity contribution in [3.63, 3.8) is 0 Å². The van der Waals surface area contributed by atoms with Crippen molar-refractivity contribution in [2.45, 2.75) is 24.8 Å². The highest BCUT2D eigenvalue weighted by atomic mass is 127. The van der Waals surface area contributed by atoms with Crippen molar-refractivity contribution in [1.82, 2.24) is 10.6 Å². The number of rotatable bonds is 6. The number of nitrogens with zero attached hydrogens (tertiary/aromatic N) is 2. The molecule has 0 radical (unpaired) electrons. The summed E-state index contributed by atoms with van der Waals surface area (Å²) in [7, 11) is 1.83. The van der Waals surface area contributed by atoms with E-state index in [9.17, 15) is 0 Å². The molecule has 4 rings (SSSR count). The van der Waals surface area contributed by atoms with Gasteiger partial charge in [0.2, 0.25) is 0 Å². The normalized spacial score (nSPS) is 18.0. The number of aliphatic imine (C=N–C) groups is 1. The maximum Gasteiger partial charge on any atom is 0.191 e. The quantitative estimate of drug-likeness (QED) is 0.358. The summed E-state index contributed by atoms with van der Waals surface area (Å²) in [5.74, 6) is 0.861. The fourth-order valence-electron chi connectivity index (χ4n) is 3.82. The number of ether oxygens (including phenoxy) is 1. The van der Waals surface area contributed by atoms with E-state index in [0.29, 0.717) is 0 Å². The van der Waals surface area contributed by atoms with Crippen LogP contribution in [-0.2, 0) is 16.7 Å². The molecule has 0 amide bonds. The molecule has 2 fully saturated rings. The third-order valence-corrected chi connectivity index (χ3v) is 5.83. The molecule has 5 nitrogen and oxygen atoms in total. The Morgan fingerprint density at radius 3 is 2.31 bits per heavy atom. The molecule has 29 heavy (non-hydrogen) atoms. The minimum Gasteiger partial charge on any atom is -0.378 e. The van der Waals surface area contributed by atoms with Gasteiger partial charge in [-0.15, -0.1) is 24.0 Å². The summed E-state index contributed by atoms with van der Waals surface area (Å²) in [6, 6.07) is 19.6. The number of anilines is 1. The second-order valence-electron chi connectivity index (χ2n) is 7.69. The van der Waals surface area contributed by atoms with Gasteiger partial charge in [-0.25, -0.2) is 0 Å². The summed E-state index contributed by atoms with van der Waals surface area (Å²) in [6.45, 7) is 5.26. The molecule has 1 saturated heterocycles. The van der Waals surface area contributed by atoms with Crippen molar-refractivity contribution in [1.29, 1.82) is 0 Å². The van der Waals surface area contributed by atoms with Gasteiger partial charge >= 0.3 is 0 Å². The minimum absolute atomic E-state index is 0. The van der Waals surface area contributed by atoms with Gasteiger partial charge in [0, 0.05) is 44.3 Å². The summed E-state index contributed by atoms with van der Waals surface area (Å²) in [5, 5.41) is 6.96. The van der Waals surface area contributed by atoms with Gasteiger partial charge in [0.25, 0.3) is 0 Å². The van der Waals surface area contributed by atoms with Crippen molar-refractivity contribution in [3.8, 4) is 0 Å². The molecule has 2 aliphatic rings. The molecule has 0 atom stereocenters. The van der Waals surface area contributed by atoms with Gasteiger partial charge in [-0.1, -0.05) is 42.5 Å². The van der Waals surface area contributed by atoms with Crippen LogP contribution in [0.5, 0.6) is 0 Å². The predicted molar refractivity (Wildman–Crippen MR) is 130 cm³/mol. The van der Waals surface area contributed by atoms with E-state index in [2.05, 4.69) is 75.1 Å². The van der Waals surface area contributed by atoms with E-state index in [1.165, 1.54) is 29.7 Å². The summed E-state index contributed by atoms with van der Waals surface area (Å²) >= 11 is 0. The standard InChI is InChI=1S/C23H30N4O.HI/c1-24-22(26-18-23(11-12-23)20-5-3-2-4-6-20)25-17-19-7-9-21(10-8-19)27-13-15-28-16-14-27;/h2-10H,11-18H2,1H3,(H2,24,25,26);1H. The molecule has 2 aromatic carbocycles. The molecule has 156 valence electrons. The molecule has 1 saturated carbocycles. The second kappa shape index (κ2) is 10.3. The molecule has 0 bridgehead atoms. The topological polar surface area (TPSA) is 48.9 Å². The SMILES string of the molecule is CN=C(NCc1ccc(N2CCOCC2)cc1)NCC1(c2ccccc2)CC1.I. The van der Waals surface area contributed by atoms with Crippen molar-refractivity contribution in [2.75, 3.05) is 44.8 Å². The van der Waals surface area contributed by atoms with Crippen LogP contribution in [0.1, 0.15) is 24.0 Å². The first kappa shape index (κ1) is 21.9. The highest BCUT2D eigenvalue weighted by molar-refractivity contribution is 14.0. The number of hydrogen-bond acceptors (Lipinski definition) is 3. The minimum atomic E-state index is 0. The summed E-state index contributed by atoms with van der Waals surface area (Å²) in [5.41, 5.74) is 4.23. The third kappa shape index (κ3) is 5.63. The number of benzene rings is 2. The van der Waals surface area contributed by atoms with Gasteiger partial charge in [0.1, 0.15) is 0 Å². The Hall–Kier alpha value is -1.80. The Kier molecular flexibility index (Phi) is 7.77. The zero-order valence-corrected chi connectivity index (χ0v) is 19.4. The predicted octanol–water partition coefficient (Wildman–Crippen LogP) is 3.54. The molecule has 2 N–H and O–H groups in total. The zero-order chi connectivity index (χ0) is 19.2. The Morgan fingerprint density at radius 2 is 1.69 bits per heavy atom. The first-order valence-corrected chi connectivity index (χ1v) is 10.2. The van der Waals surface area contributed by atoms with E-state index in [4.69, 9.17) is 4.74 Å². The monoisotopic (exact) mass is 506 g/mol. The third-order valence-electron chi connectivity index (χ3n) is 5.83. The summed E-state index contributed by atoms with van der Waals surface area (Å²) in [6.07, 6.45) is 2.48. The van der Waals surface area contributed by atoms with E-state index in [1.807, 2.05) is 7.05 Å². The van der Waals surface area contributed by atoms with Gasteiger partial charge in [0.05, 0.1) is 13.2 Å². The number of hydrogen-bond donors (Lipinski definition) is 2. The summed E-state index contributed by atoms with van der Waals surface area (Å²) < 4.78 is 5.43.